The molecule has 0 aromatic heterocycles. The monoisotopic (exact) mass is 375 g/mol. The minimum absolute atomic E-state index is 0.0829. The minimum atomic E-state index is -1.65. The Morgan fingerprint density at radius 3 is 2.41 bits per heavy atom. The predicted molar refractivity (Wildman–Crippen MR) is 92.2 cm³/mol. The van der Waals surface area contributed by atoms with Crippen LogP contribution in [-0.4, -0.2) is 64.9 Å². The summed E-state index contributed by atoms with van der Waals surface area (Å²) in [5.41, 5.74) is 1.74. The minimum Gasteiger partial charge on any atom is -0.844 e. The van der Waals surface area contributed by atoms with Gasteiger partial charge in [-0.15, -0.1) is 0 Å². The molecule has 10 heteroatoms. The normalized spacial score (nSPS) is 15.2. The van der Waals surface area contributed by atoms with Crippen molar-refractivity contribution in [2.45, 2.75) is 38.7 Å². The number of rotatable bonds is 5. The lowest BCUT2D eigenvalue weighted by Gasteiger charge is -2.25. The molecule has 0 spiro atoms. The van der Waals surface area contributed by atoms with Gasteiger partial charge in [0.1, 0.15) is 18.3 Å². The van der Waals surface area contributed by atoms with E-state index in [4.69, 9.17) is 5.11 Å². The second-order valence-electron chi connectivity index (χ2n) is 6.44. The van der Waals surface area contributed by atoms with E-state index in [1.165, 1.54) is 4.57 Å². The molecule has 2 heterocycles. The molecule has 144 valence electrons. The predicted octanol–water partition coefficient (Wildman–Crippen LogP) is -1.94. The van der Waals surface area contributed by atoms with Gasteiger partial charge in [0.2, 0.25) is 0 Å². The summed E-state index contributed by atoms with van der Waals surface area (Å²) in [7, 11) is 0. The van der Waals surface area contributed by atoms with Gasteiger partial charge < -0.3 is 30.1 Å². The van der Waals surface area contributed by atoms with E-state index < -0.39 is 36.5 Å². The van der Waals surface area contributed by atoms with Crippen molar-refractivity contribution in [3.05, 3.63) is 33.6 Å². The summed E-state index contributed by atoms with van der Waals surface area (Å²) in [4.78, 5) is 23.4. The molecule has 0 aliphatic carbocycles. The third kappa shape index (κ3) is 3.47. The van der Waals surface area contributed by atoms with Crippen LogP contribution in [-0.2, 0) is 6.54 Å². The van der Waals surface area contributed by atoms with Crippen molar-refractivity contribution in [3.8, 4) is 17.5 Å². The fourth-order valence-electron chi connectivity index (χ4n) is 2.86. The molecule has 1 aromatic rings. The molecule has 0 saturated heterocycles. The van der Waals surface area contributed by atoms with Gasteiger partial charge in [-0.3, -0.25) is 4.79 Å². The van der Waals surface area contributed by atoms with Gasteiger partial charge in [-0.25, -0.2) is 15.0 Å². The molecule has 3 atom stereocenters. The number of nitrogens with zero attached hydrogens (tertiary/aromatic N) is 4. The van der Waals surface area contributed by atoms with Crippen molar-refractivity contribution in [2.75, 3.05) is 6.61 Å². The summed E-state index contributed by atoms with van der Waals surface area (Å²) in [6.07, 6.45) is -4.70. The van der Waals surface area contributed by atoms with E-state index >= 15 is 0 Å². The Bertz CT molecular complexity index is 1020. The number of hydrogen-bond acceptors (Lipinski definition) is 9. The molecule has 0 bridgehead atoms. The van der Waals surface area contributed by atoms with Crippen molar-refractivity contribution in [2.24, 2.45) is 0 Å². The molecule has 0 unspecified atom stereocenters. The number of hydrogen-bond donors (Lipinski definition) is 4. The maximum atomic E-state index is 12.1. The highest BCUT2D eigenvalue weighted by molar-refractivity contribution is 5.81. The average Bonchev–Trinajstić information content (AvgIpc) is 2.62. The first-order valence-electron chi connectivity index (χ1n) is 8.24. The Labute approximate surface area is 153 Å². The topological polar surface area (TPSA) is 165 Å². The van der Waals surface area contributed by atoms with Crippen molar-refractivity contribution >= 4 is 11.0 Å². The summed E-state index contributed by atoms with van der Waals surface area (Å²) in [6, 6.07) is 2.52. The maximum Gasteiger partial charge on any atom is 0.300 e. The van der Waals surface area contributed by atoms with Crippen LogP contribution in [0, 0.1) is 13.8 Å². The number of benzene rings is 1. The number of aryl methyl sites for hydroxylation is 2. The van der Waals surface area contributed by atoms with Crippen LogP contribution in [0.5, 0.6) is 6.01 Å². The molecule has 0 amide bonds. The Hall–Kier alpha value is -2.66. The smallest absolute Gasteiger partial charge is 0.300 e. The molecular weight excluding hydrogens is 356 g/mol. The lowest BCUT2D eigenvalue weighted by molar-refractivity contribution is -0.282. The third-order valence-corrected chi connectivity index (χ3v) is 4.53. The fraction of sp³-hybridized carbons (Fsp3) is 0.412. The lowest BCUT2D eigenvalue weighted by Crippen LogP contribution is -2.42. The zero-order chi connectivity index (χ0) is 19.9. The quantitative estimate of drug-likeness (QED) is 0.371. The van der Waals surface area contributed by atoms with Crippen LogP contribution >= 0.6 is 0 Å². The molecule has 0 radical (unpaired) electrons. The van der Waals surface area contributed by atoms with Crippen LogP contribution in [0.25, 0.3) is 22.6 Å². The van der Waals surface area contributed by atoms with Crippen molar-refractivity contribution in [3.63, 3.8) is 0 Å². The third-order valence-electron chi connectivity index (χ3n) is 4.53. The summed E-state index contributed by atoms with van der Waals surface area (Å²) >= 11 is 0. The molecular formula is C17H19N4O6-. The van der Waals surface area contributed by atoms with Gasteiger partial charge >= 0.3 is 0 Å². The van der Waals surface area contributed by atoms with E-state index in [0.717, 1.165) is 11.1 Å². The van der Waals surface area contributed by atoms with Gasteiger partial charge in [-0.1, -0.05) is 0 Å². The van der Waals surface area contributed by atoms with Gasteiger partial charge in [-0.2, -0.15) is 0 Å². The number of aliphatic hydroxyl groups excluding tert-OH is 4. The molecule has 27 heavy (non-hydrogen) atoms. The Balaban J connectivity index is 2.26. The van der Waals surface area contributed by atoms with Crippen LogP contribution in [0.3, 0.4) is 0 Å². The highest BCUT2D eigenvalue weighted by Gasteiger charge is 2.27. The van der Waals surface area contributed by atoms with E-state index in [-0.39, 0.29) is 18.1 Å². The summed E-state index contributed by atoms with van der Waals surface area (Å²) in [5.74, 6) is -0.0829. The molecule has 0 saturated carbocycles. The Morgan fingerprint density at radius 2 is 1.74 bits per heavy atom. The van der Waals surface area contributed by atoms with E-state index in [2.05, 4.69) is 15.0 Å². The summed E-state index contributed by atoms with van der Waals surface area (Å²) in [5, 5.41) is 50.4. The van der Waals surface area contributed by atoms with E-state index in [1.54, 1.807) is 12.1 Å². The van der Waals surface area contributed by atoms with Crippen molar-refractivity contribution in [1.82, 2.24) is 19.5 Å². The van der Waals surface area contributed by atoms with Crippen LogP contribution in [0.15, 0.2) is 16.9 Å². The Kier molecular flexibility index (Phi) is 5.07. The van der Waals surface area contributed by atoms with Gasteiger partial charge in [0, 0.05) is 0 Å². The second kappa shape index (κ2) is 7.16. The highest BCUT2D eigenvalue weighted by atomic mass is 16.4. The van der Waals surface area contributed by atoms with E-state index in [0.29, 0.717) is 11.0 Å². The molecule has 10 nitrogen and oxygen atoms in total. The molecule has 2 aliphatic heterocycles. The van der Waals surface area contributed by atoms with Gasteiger partial charge in [0.25, 0.3) is 5.56 Å². The van der Waals surface area contributed by atoms with Crippen LogP contribution in [0.2, 0.25) is 0 Å². The molecule has 0 fully saturated rings. The lowest BCUT2D eigenvalue weighted by atomic mass is 10.1. The SMILES string of the molecule is Cc1cc2nc3c(=O)nc([O-])nc-3n(C[C@H](O)[C@H](O)[C@H](O)CO)c2cc1C. The number of aromatic nitrogens is 4. The number of fused-ring (bicyclic) bond motifs is 2. The summed E-state index contributed by atoms with van der Waals surface area (Å²) < 4.78 is 1.38. The van der Waals surface area contributed by atoms with E-state index in [1.807, 2.05) is 13.8 Å². The van der Waals surface area contributed by atoms with E-state index in [9.17, 15) is 25.2 Å². The largest absolute Gasteiger partial charge is 0.844 e. The zero-order valence-corrected chi connectivity index (χ0v) is 14.7. The van der Waals surface area contributed by atoms with Gasteiger partial charge in [0.15, 0.2) is 11.5 Å². The highest BCUT2D eigenvalue weighted by Crippen LogP contribution is 2.25. The van der Waals surface area contributed by atoms with Gasteiger partial charge in [-0.05, 0) is 37.1 Å². The first-order valence-corrected chi connectivity index (χ1v) is 8.24. The zero-order valence-electron chi connectivity index (χ0n) is 14.7. The summed E-state index contributed by atoms with van der Waals surface area (Å²) in [6.45, 7) is 2.70. The van der Waals surface area contributed by atoms with Crippen LogP contribution in [0.1, 0.15) is 11.1 Å². The standard InChI is InChI=1S/C17H20N4O6/c1-7-3-9-10(4-8(7)2)21(5-11(23)14(25)12(24)6-22)15-13(18-9)16(26)20-17(27)19-15/h3-4,11-12,14,22-25H,5-6H2,1-2H3,(H,20,26,27)/p-1/t11-,12+,14-/m0/s1. The van der Waals surface area contributed by atoms with Gasteiger partial charge in [0.05, 0.1) is 30.2 Å². The fourth-order valence-corrected chi connectivity index (χ4v) is 2.86. The number of aliphatic hydroxyl groups is 4. The second-order valence-corrected chi connectivity index (χ2v) is 6.44. The Morgan fingerprint density at radius 1 is 1.07 bits per heavy atom. The van der Waals surface area contributed by atoms with Crippen LogP contribution < -0.4 is 10.7 Å². The first kappa shape index (κ1) is 19.1. The van der Waals surface area contributed by atoms with Crippen LogP contribution in [0.4, 0.5) is 0 Å². The van der Waals surface area contributed by atoms with Crippen molar-refractivity contribution in [1.29, 1.82) is 0 Å². The molecule has 2 aliphatic rings. The molecule has 1 aromatic carbocycles. The molecule has 3 rings (SSSR count). The van der Waals surface area contributed by atoms with Crippen molar-refractivity contribution < 1.29 is 25.5 Å². The average molecular weight is 375 g/mol. The molecule has 4 N–H and O–H groups in total. The maximum absolute atomic E-state index is 12.1. The first-order chi connectivity index (χ1) is 12.7.